The molecule has 0 unspecified atom stereocenters. The van der Waals surface area contributed by atoms with Crippen molar-refractivity contribution in [3.05, 3.63) is 119 Å². The summed E-state index contributed by atoms with van der Waals surface area (Å²) in [6.45, 7) is 5.33. The predicted molar refractivity (Wildman–Crippen MR) is 201 cm³/mol. The van der Waals surface area contributed by atoms with Crippen molar-refractivity contribution in [2.45, 2.75) is 82.8 Å². The zero-order chi connectivity index (χ0) is 36.5. The van der Waals surface area contributed by atoms with E-state index >= 15 is 0 Å². The number of hydrogen-bond donors (Lipinski definition) is 1. The number of benzene rings is 4. The highest BCUT2D eigenvalue weighted by Crippen LogP contribution is 2.33. The fourth-order valence-corrected chi connectivity index (χ4v) is 8.21. The Balaban J connectivity index is 1.61. The molecular formula is C41H49N3O6S. The summed E-state index contributed by atoms with van der Waals surface area (Å²) in [4.78, 5) is 30.8. The number of nitrogens with zero attached hydrogens (tertiary/aromatic N) is 2. The Morgan fingerprint density at radius 3 is 2.10 bits per heavy atom. The minimum absolute atomic E-state index is 0.0251. The molecule has 270 valence electrons. The van der Waals surface area contributed by atoms with Crippen LogP contribution in [0.1, 0.15) is 59.9 Å². The first kappa shape index (κ1) is 37.4. The lowest BCUT2D eigenvalue weighted by atomic mass is 9.94. The van der Waals surface area contributed by atoms with Crippen LogP contribution < -0.4 is 19.1 Å². The second-order valence-electron chi connectivity index (χ2n) is 13.4. The van der Waals surface area contributed by atoms with Crippen molar-refractivity contribution < 1.29 is 27.5 Å². The quantitative estimate of drug-likeness (QED) is 0.152. The van der Waals surface area contributed by atoms with Crippen molar-refractivity contribution in [1.82, 2.24) is 10.2 Å². The maximum absolute atomic E-state index is 14.9. The molecule has 4 aromatic carbocycles. The molecule has 51 heavy (non-hydrogen) atoms. The Kier molecular flexibility index (Phi) is 12.4. The normalized spacial score (nSPS) is 14.0. The number of hydrogen-bond acceptors (Lipinski definition) is 6. The van der Waals surface area contributed by atoms with Crippen LogP contribution in [-0.2, 0) is 32.6 Å². The molecule has 1 atom stereocenters. The van der Waals surface area contributed by atoms with E-state index in [1.807, 2.05) is 81.4 Å². The smallest absolute Gasteiger partial charge is 0.264 e. The van der Waals surface area contributed by atoms with Crippen molar-refractivity contribution >= 4 is 27.5 Å². The predicted octanol–water partition coefficient (Wildman–Crippen LogP) is 6.91. The van der Waals surface area contributed by atoms with E-state index in [9.17, 15) is 18.0 Å². The Hall–Kier alpha value is -4.83. The monoisotopic (exact) mass is 711 g/mol. The molecule has 0 bridgehead atoms. The van der Waals surface area contributed by atoms with Crippen molar-refractivity contribution in [1.29, 1.82) is 0 Å². The summed E-state index contributed by atoms with van der Waals surface area (Å²) in [5, 5.41) is 3.26. The number of methoxy groups -OCH3 is 2. The fourth-order valence-electron chi connectivity index (χ4n) is 6.80. The number of carbonyl (C=O) groups excluding carboxylic acids is 2. The Labute approximate surface area is 302 Å². The van der Waals surface area contributed by atoms with Crippen LogP contribution >= 0.6 is 0 Å². The van der Waals surface area contributed by atoms with Gasteiger partial charge in [0.1, 0.15) is 12.6 Å². The first-order valence-electron chi connectivity index (χ1n) is 17.5. The maximum Gasteiger partial charge on any atom is 0.264 e. The molecule has 10 heteroatoms. The first-order chi connectivity index (χ1) is 24.5. The second kappa shape index (κ2) is 16.9. The third-order valence-corrected chi connectivity index (χ3v) is 11.3. The van der Waals surface area contributed by atoms with E-state index in [0.717, 1.165) is 64.2 Å². The summed E-state index contributed by atoms with van der Waals surface area (Å²) < 4.78 is 41.2. The average Bonchev–Trinajstić information content (AvgIpc) is 3.12. The highest BCUT2D eigenvalue weighted by Gasteiger charge is 2.36. The van der Waals surface area contributed by atoms with E-state index in [-0.39, 0.29) is 35.6 Å². The molecule has 4 aromatic rings. The summed E-state index contributed by atoms with van der Waals surface area (Å²) in [7, 11) is -1.42. The van der Waals surface area contributed by atoms with E-state index < -0.39 is 28.5 Å². The first-order valence-corrected chi connectivity index (χ1v) is 19.0. The summed E-state index contributed by atoms with van der Waals surface area (Å²) in [6.07, 6.45) is 5.26. The van der Waals surface area contributed by atoms with E-state index in [1.165, 1.54) is 32.4 Å². The minimum atomic E-state index is -4.33. The molecule has 0 radical (unpaired) electrons. The standard InChI is InChI=1S/C41H49N3O6S/c1-29-22-30(2)24-35(23-29)44(51(47,48)36-20-21-38(49-4)39(26-36)50-5)28-40(45)43(27-33-17-13-12-14-31(33)3)37(25-32-15-8-6-9-16-32)41(46)42-34-18-10-7-11-19-34/h6,8-9,12-17,20-24,26,34,37H,7,10-11,18-19,25,27-28H2,1-5H3,(H,42,46)/t37-/m0/s1. The number of carbonyl (C=O) groups is 2. The molecule has 2 amide bonds. The Morgan fingerprint density at radius 1 is 0.804 bits per heavy atom. The van der Waals surface area contributed by atoms with E-state index in [4.69, 9.17) is 9.47 Å². The van der Waals surface area contributed by atoms with Gasteiger partial charge in [-0.05, 0) is 85.7 Å². The van der Waals surface area contributed by atoms with Crippen LogP contribution in [0.4, 0.5) is 5.69 Å². The summed E-state index contributed by atoms with van der Waals surface area (Å²) in [5.41, 5.74) is 4.76. The lowest BCUT2D eigenvalue weighted by Gasteiger charge is -2.35. The number of nitrogens with one attached hydrogen (secondary N) is 1. The molecule has 1 fully saturated rings. The highest BCUT2D eigenvalue weighted by molar-refractivity contribution is 7.92. The Morgan fingerprint density at radius 2 is 1.45 bits per heavy atom. The zero-order valence-corrected chi connectivity index (χ0v) is 31.0. The summed E-state index contributed by atoms with van der Waals surface area (Å²) in [5.74, 6) is -0.119. The van der Waals surface area contributed by atoms with Crippen LogP contribution in [-0.4, -0.2) is 58.0 Å². The lowest BCUT2D eigenvalue weighted by molar-refractivity contribution is -0.140. The third kappa shape index (κ3) is 9.29. The Bertz CT molecular complexity index is 1900. The average molecular weight is 712 g/mol. The van der Waals surface area contributed by atoms with Gasteiger partial charge < -0.3 is 19.7 Å². The van der Waals surface area contributed by atoms with E-state index in [0.29, 0.717) is 11.4 Å². The molecule has 0 heterocycles. The lowest BCUT2D eigenvalue weighted by Crippen LogP contribution is -2.55. The minimum Gasteiger partial charge on any atom is -0.493 e. The van der Waals surface area contributed by atoms with Crippen LogP contribution in [0.2, 0.25) is 0 Å². The molecule has 1 aliphatic carbocycles. The molecule has 5 rings (SSSR count). The van der Waals surface area contributed by atoms with Gasteiger partial charge >= 0.3 is 0 Å². The van der Waals surface area contributed by atoms with Gasteiger partial charge in [0.05, 0.1) is 24.8 Å². The number of sulfonamides is 1. The molecule has 1 saturated carbocycles. The molecule has 9 nitrogen and oxygen atoms in total. The van der Waals surface area contributed by atoms with Crippen LogP contribution in [0.15, 0.2) is 95.9 Å². The molecule has 0 saturated heterocycles. The van der Waals surface area contributed by atoms with Crippen LogP contribution in [0.5, 0.6) is 11.5 Å². The topological polar surface area (TPSA) is 105 Å². The number of aryl methyl sites for hydroxylation is 3. The second-order valence-corrected chi connectivity index (χ2v) is 15.2. The molecule has 0 aromatic heterocycles. The van der Waals surface area contributed by atoms with Gasteiger partial charge in [0.25, 0.3) is 10.0 Å². The maximum atomic E-state index is 14.9. The zero-order valence-electron chi connectivity index (χ0n) is 30.2. The van der Waals surface area contributed by atoms with Gasteiger partial charge in [-0.3, -0.25) is 13.9 Å². The number of amides is 2. The van der Waals surface area contributed by atoms with Crippen LogP contribution in [0, 0.1) is 20.8 Å². The molecular weight excluding hydrogens is 663 g/mol. The number of rotatable bonds is 14. The highest BCUT2D eigenvalue weighted by atomic mass is 32.2. The number of anilines is 1. The van der Waals surface area contributed by atoms with Gasteiger partial charge in [0, 0.05) is 25.1 Å². The van der Waals surface area contributed by atoms with Crippen molar-refractivity contribution in [2.24, 2.45) is 0 Å². The third-order valence-electron chi connectivity index (χ3n) is 9.54. The van der Waals surface area contributed by atoms with Crippen LogP contribution in [0.3, 0.4) is 0 Å². The van der Waals surface area contributed by atoms with Gasteiger partial charge in [0.2, 0.25) is 11.8 Å². The van der Waals surface area contributed by atoms with Crippen molar-refractivity contribution in [3.8, 4) is 11.5 Å². The van der Waals surface area contributed by atoms with Gasteiger partial charge in [-0.15, -0.1) is 0 Å². The van der Waals surface area contributed by atoms with Crippen molar-refractivity contribution in [2.75, 3.05) is 25.1 Å². The molecule has 0 spiro atoms. The van der Waals surface area contributed by atoms with E-state index in [2.05, 4.69) is 5.32 Å². The number of ether oxygens (including phenoxy) is 2. The molecule has 1 aliphatic rings. The van der Waals surface area contributed by atoms with E-state index in [1.54, 1.807) is 17.0 Å². The van der Waals surface area contributed by atoms with Crippen molar-refractivity contribution in [3.63, 3.8) is 0 Å². The summed E-state index contributed by atoms with van der Waals surface area (Å²) in [6, 6.07) is 26.3. The van der Waals surface area contributed by atoms with Crippen LogP contribution in [0.25, 0.3) is 0 Å². The van der Waals surface area contributed by atoms with Gasteiger partial charge in [-0.1, -0.05) is 79.9 Å². The largest absolute Gasteiger partial charge is 0.493 e. The van der Waals surface area contributed by atoms with Gasteiger partial charge in [0.15, 0.2) is 11.5 Å². The SMILES string of the molecule is COc1ccc(S(=O)(=O)N(CC(=O)N(Cc2ccccc2C)[C@@H](Cc2ccccc2)C(=O)NC2CCCCC2)c2cc(C)cc(C)c2)cc1OC. The van der Waals surface area contributed by atoms with Gasteiger partial charge in [-0.25, -0.2) is 8.42 Å². The fraction of sp³-hybridized carbons (Fsp3) is 0.366. The summed E-state index contributed by atoms with van der Waals surface area (Å²) >= 11 is 0. The van der Waals surface area contributed by atoms with Gasteiger partial charge in [-0.2, -0.15) is 0 Å². The molecule has 1 N–H and O–H groups in total. The molecule has 0 aliphatic heterocycles.